The first-order chi connectivity index (χ1) is 5.49. The summed E-state index contributed by atoms with van der Waals surface area (Å²) in [5.41, 5.74) is -0.769. The summed E-state index contributed by atoms with van der Waals surface area (Å²) in [5.74, 6) is 0. The zero-order valence-electron chi connectivity index (χ0n) is 5.93. The number of rotatable bonds is 1. The second-order valence-electron chi connectivity index (χ2n) is 2.20. The van der Waals surface area contributed by atoms with Crippen molar-refractivity contribution in [2.75, 3.05) is 0 Å². The lowest BCUT2D eigenvalue weighted by atomic mass is 10.4. The van der Waals surface area contributed by atoms with Gasteiger partial charge in [0.15, 0.2) is 0 Å². The van der Waals surface area contributed by atoms with Gasteiger partial charge in [0.1, 0.15) is 6.54 Å². The van der Waals surface area contributed by atoms with Crippen LogP contribution in [0.5, 0.6) is 0 Å². The molecule has 12 heavy (non-hydrogen) atoms. The highest BCUT2D eigenvalue weighted by Crippen LogP contribution is 2.15. The standard InChI is InChI=1S/C7H5F3NO/c8-7(9,10)5-11-4-2-1-3-6(11)12/h1-2,4H,5H2. The molecule has 0 fully saturated rings. The van der Waals surface area contributed by atoms with Gasteiger partial charge < -0.3 is 4.57 Å². The summed E-state index contributed by atoms with van der Waals surface area (Å²) in [6, 6.07) is 4.73. The maximum Gasteiger partial charge on any atom is 0.406 e. The van der Waals surface area contributed by atoms with Crippen LogP contribution in [0.25, 0.3) is 0 Å². The average Bonchev–Trinajstić information content (AvgIpc) is 1.91. The Morgan fingerprint density at radius 3 is 2.67 bits per heavy atom. The van der Waals surface area contributed by atoms with Crippen LogP contribution in [0.1, 0.15) is 0 Å². The largest absolute Gasteiger partial charge is 0.406 e. The van der Waals surface area contributed by atoms with E-state index in [2.05, 4.69) is 6.07 Å². The third-order valence-electron chi connectivity index (χ3n) is 1.18. The summed E-state index contributed by atoms with van der Waals surface area (Å²) >= 11 is 0. The van der Waals surface area contributed by atoms with Gasteiger partial charge in [-0.15, -0.1) is 0 Å². The lowest BCUT2D eigenvalue weighted by Gasteiger charge is -2.07. The molecule has 1 rings (SSSR count). The molecule has 1 heterocycles. The predicted molar refractivity (Wildman–Crippen MR) is 35.6 cm³/mol. The van der Waals surface area contributed by atoms with Crippen LogP contribution in [0.15, 0.2) is 23.1 Å². The van der Waals surface area contributed by atoms with Gasteiger partial charge in [-0.25, -0.2) is 0 Å². The number of hydrogen-bond acceptors (Lipinski definition) is 1. The van der Waals surface area contributed by atoms with Crippen molar-refractivity contribution in [1.82, 2.24) is 4.57 Å². The third-order valence-corrected chi connectivity index (χ3v) is 1.18. The van der Waals surface area contributed by atoms with Gasteiger partial charge in [-0.2, -0.15) is 13.2 Å². The summed E-state index contributed by atoms with van der Waals surface area (Å²) in [6.07, 6.45) is -3.29. The van der Waals surface area contributed by atoms with Crippen molar-refractivity contribution in [2.45, 2.75) is 12.7 Å². The Morgan fingerprint density at radius 2 is 2.17 bits per heavy atom. The number of nitrogens with zero attached hydrogens (tertiary/aromatic N) is 1. The Labute approximate surface area is 66.2 Å². The summed E-state index contributed by atoms with van der Waals surface area (Å²) in [7, 11) is 0. The molecule has 0 N–H and O–H groups in total. The first-order valence-electron chi connectivity index (χ1n) is 3.13. The average molecular weight is 176 g/mol. The number of hydrogen-bond donors (Lipinski definition) is 0. The monoisotopic (exact) mass is 176 g/mol. The fraction of sp³-hybridized carbons (Fsp3) is 0.286. The molecule has 0 aliphatic rings. The van der Waals surface area contributed by atoms with E-state index in [1.807, 2.05) is 0 Å². The molecule has 0 amide bonds. The van der Waals surface area contributed by atoms with Crippen molar-refractivity contribution in [3.8, 4) is 0 Å². The van der Waals surface area contributed by atoms with Crippen LogP contribution in [0, 0.1) is 6.07 Å². The molecule has 1 aromatic rings. The summed E-state index contributed by atoms with van der Waals surface area (Å²) in [4.78, 5) is 10.7. The summed E-state index contributed by atoms with van der Waals surface area (Å²) in [6.45, 7) is -1.26. The molecule has 0 saturated carbocycles. The second-order valence-corrected chi connectivity index (χ2v) is 2.20. The topological polar surface area (TPSA) is 22.0 Å². The van der Waals surface area contributed by atoms with E-state index in [1.54, 1.807) is 0 Å². The van der Waals surface area contributed by atoms with Gasteiger partial charge in [0.25, 0.3) is 5.56 Å². The van der Waals surface area contributed by atoms with Crippen LogP contribution in [-0.4, -0.2) is 10.7 Å². The van der Waals surface area contributed by atoms with Crippen LogP contribution in [0.4, 0.5) is 13.2 Å². The van der Waals surface area contributed by atoms with E-state index in [4.69, 9.17) is 0 Å². The van der Waals surface area contributed by atoms with Gasteiger partial charge in [-0.1, -0.05) is 0 Å². The highest BCUT2D eigenvalue weighted by molar-refractivity contribution is 4.91. The minimum Gasteiger partial charge on any atom is -0.306 e. The first kappa shape index (κ1) is 8.83. The molecule has 1 aromatic heterocycles. The molecule has 2 nitrogen and oxygen atoms in total. The van der Waals surface area contributed by atoms with E-state index in [9.17, 15) is 18.0 Å². The Kier molecular flexibility index (Phi) is 2.21. The van der Waals surface area contributed by atoms with Crippen LogP contribution < -0.4 is 5.56 Å². The van der Waals surface area contributed by atoms with Gasteiger partial charge in [0.2, 0.25) is 0 Å². The minimum atomic E-state index is -4.36. The lowest BCUT2D eigenvalue weighted by molar-refractivity contribution is -0.141. The molecule has 0 atom stereocenters. The van der Waals surface area contributed by atoms with Gasteiger partial charge in [0.05, 0.1) is 6.07 Å². The minimum absolute atomic E-state index is 0.556. The van der Waals surface area contributed by atoms with Crippen LogP contribution in [-0.2, 0) is 6.54 Å². The molecular weight excluding hydrogens is 171 g/mol. The molecule has 0 aliphatic carbocycles. The molecule has 0 unspecified atom stereocenters. The van der Waals surface area contributed by atoms with E-state index >= 15 is 0 Å². The lowest BCUT2D eigenvalue weighted by Crippen LogP contribution is -2.26. The molecule has 0 bridgehead atoms. The molecule has 0 aromatic carbocycles. The Balaban J connectivity index is 2.91. The molecular formula is C7H5F3NO. The quantitative estimate of drug-likeness (QED) is 0.630. The zero-order valence-corrected chi connectivity index (χ0v) is 5.93. The molecule has 65 valence electrons. The molecule has 0 spiro atoms. The van der Waals surface area contributed by atoms with Gasteiger partial charge in [0, 0.05) is 6.20 Å². The molecule has 1 radical (unpaired) electrons. The third kappa shape index (κ3) is 2.41. The first-order valence-corrected chi connectivity index (χ1v) is 3.13. The van der Waals surface area contributed by atoms with E-state index in [0.29, 0.717) is 4.57 Å². The van der Waals surface area contributed by atoms with Crippen molar-refractivity contribution in [3.63, 3.8) is 0 Å². The molecule has 5 heteroatoms. The summed E-state index contributed by atoms with van der Waals surface area (Å²) < 4.78 is 35.8. The van der Waals surface area contributed by atoms with Crippen LogP contribution >= 0.6 is 0 Å². The van der Waals surface area contributed by atoms with Crippen molar-refractivity contribution < 1.29 is 13.2 Å². The fourth-order valence-electron chi connectivity index (χ4n) is 0.735. The summed E-state index contributed by atoms with van der Waals surface area (Å²) in [5, 5.41) is 0. The Hall–Kier alpha value is -1.26. The highest BCUT2D eigenvalue weighted by Gasteiger charge is 2.27. The van der Waals surface area contributed by atoms with Crippen molar-refractivity contribution in [1.29, 1.82) is 0 Å². The van der Waals surface area contributed by atoms with Crippen LogP contribution in [0.3, 0.4) is 0 Å². The van der Waals surface area contributed by atoms with Gasteiger partial charge in [-0.3, -0.25) is 4.79 Å². The van der Waals surface area contributed by atoms with Gasteiger partial charge >= 0.3 is 6.18 Å². The predicted octanol–water partition coefficient (Wildman–Crippen LogP) is 1.21. The number of pyridine rings is 1. The number of aromatic nitrogens is 1. The van der Waals surface area contributed by atoms with E-state index in [1.165, 1.54) is 12.1 Å². The van der Waals surface area contributed by atoms with Crippen molar-refractivity contribution in [2.24, 2.45) is 0 Å². The van der Waals surface area contributed by atoms with E-state index in [-0.39, 0.29) is 0 Å². The van der Waals surface area contributed by atoms with Crippen molar-refractivity contribution in [3.05, 3.63) is 34.7 Å². The van der Waals surface area contributed by atoms with E-state index < -0.39 is 18.3 Å². The number of halogens is 3. The molecule has 0 aliphatic heterocycles. The van der Waals surface area contributed by atoms with Crippen molar-refractivity contribution >= 4 is 0 Å². The maximum atomic E-state index is 11.7. The fourth-order valence-corrected chi connectivity index (χ4v) is 0.735. The smallest absolute Gasteiger partial charge is 0.306 e. The maximum absolute atomic E-state index is 11.7. The zero-order chi connectivity index (χ0) is 9.19. The van der Waals surface area contributed by atoms with Crippen LogP contribution in [0.2, 0.25) is 0 Å². The SMILES string of the molecule is O=c1[c]cccn1CC(F)(F)F. The highest BCUT2D eigenvalue weighted by atomic mass is 19.4. The van der Waals surface area contributed by atoms with Gasteiger partial charge in [-0.05, 0) is 12.1 Å². The Bertz CT molecular complexity index is 315. The molecule has 0 saturated heterocycles. The second kappa shape index (κ2) is 3.00. The normalized spacial score (nSPS) is 11.6. The Morgan fingerprint density at radius 1 is 1.50 bits per heavy atom. The number of alkyl halides is 3. The van der Waals surface area contributed by atoms with E-state index in [0.717, 1.165) is 6.20 Å².